The van der Waals surface area contributed by atoms with Gasteiger partial charge in [-0.15, -0.1) is 0 Å². The normalized spacial score (nSPS) is 38.7. The lowest BCUT2D eigenvalue weighted by Crippen LogP contribution is -2.55. The van der Waals surface area contributed by atoms with E-state index in [2.05, 4.69) is 17.3 Å². The van der Waals surface area contributed by atoms with Crippen LogP contribution in [0.25, 0.3) is 0 Å². The maximum atomic E-state index is 4.05. The Morgan fingerprint density at radius 1 is 0.684 bits per heavy atom. The van der Waals surface area contributed by atoms with Crippen molar-refractivity contribution in [2.24, 2.45) is 0 Å². The molecule has 110 valence electrons. The zero-order valence-electron chi connectivity index (χ0n) is 12.7. The van der Waals surface area contributed by atoms with Crippen molar-refractivity contribution in [1.82, 2.24) is 10.2 Å². The van der Waals surface area contributed by atoms with Gasteiger partial charge >= 0.3 is 0 Å². The van der Waals surface area contributed by atoms with Crippen LogP contribution in [-0.2, 0) is 0 Å². The van der Waals surface area contributed by atoms with Crippen molar-refractivity contribution >= 4 is 0 Å². The first kappa shape index (κ1) is 13.9. The van der Waals surface area contributed by atoms with Crippen molar-refractivity contribution in [3.8, 4) is 0 Å². The third-order valence-electron chi connectivity index (χ3n) is 5.92. The molecule has 2 heteroatoms. The fourth-order valence-corrected chi connectivity index (χ4v) is 4.71. The van der Waals surface area contributed by atoms with Gasteiger partial charge in [-0.25, -0.2) is 0 Å². The molecule has 1 saturated carbocycles. The quantitative estimate of drug-likeness (QED) is 0.818. The highest BCUT2D eigenvalue weighted by Crippen LogP contribution is 2.33. The van der Waals surface area contributed by atoms with Crippen LogP contribution in [-0.4, -0.2) is 36.1 Å². The minimum absolute atomic E-state index is 0.816. The van der Waals surface area contributed by atoms with E-state index in [4.69, 9.17) is 0 Å². The molecule has 3 rings (SSSR count). The summed E-state index contributed by atoms with van der Waals surface area (Å²) in [6.45, 7) is 0. The molecule has 0 aromatic heterocycles. The average molecular weight is 264 g/mol. The lowest BCUT2D eigenvalue weighted by molar-refractivity contribution is 0.0448. The summed E-state index contributed by atoms with van der Waals surface area (Å²) < 4.78 is 0. The zero-order chi connectivity index (χ0) is 13.1. The summed E-state index contributed by atoms with van der Waals surface area (Å²) in [5.41, 5.74) is 0. The molecule has 0 amide bonds. The average Bonchev–Trinajstić information content (AvgIpc) is 2.33. The van der Waals surface area contributed by atoms with Crippen LogP contribution in [0, 0.1) is 0 Å². The Hall–Kier alpha value is -0.0800. The van der Waals surface area contributed by atoms with Gasteiger partial charge in [0.1, 0.15) is 0 Å². The lowest BCUT2D eigenvalue weighted by Gasteiger charge is -2.48. The Balaban J connectivity index is 1.52. The van der Waals surface area contributed by atoms with Crippen molar-refractivity contribution in [1.29, 1.82) is 0 Å². The Kier molecular flexibility index (Phi) is 4.81. The van der Waals surface area contributed by atoms with Gasteiger partial charge in [0, 0.05) is 24.2 Å². The third-order valence-corrected chi connectivity index (χ3v) is 5.92. The van der Waals surface area contributed by atoms with Crippen LogP contribution in [0.5, 0.6) is 0 Å². The van der Waals surface area contributed by atoms with Gasteiger partial charge in [0.15, 0.2) is 0 Å². The van der Waals surface area contributed by atoms with Crippen LogP contribution in [0.3, 0.4) is 0 Å². The summed E-state index contributed by atoms with van der Waals surface area (Å²) in [4.78, 5) is 2.68. The molecular weight excluding hydrogens is 232 g/mol. The Labute approximate surface area is 119 Å². The van der Waals surface area contributed by atoms with Gasteiger partial charge in [0.05, 0.1) is 0 Å². The van der Waals surface area contributed by atoms with Crippen LogP contribution >= 0.6 is 0 Å². The van der Waals surface area contributed by atoms with Crippen LogP contribution in [0.15, 0.2) is 0 Å². The number of nitrogens with one attached hydrogen (secondary N) is 1. The number of hydrogen-bond donors (Lipinski definition) is 1. The molecule has 0 radical (unpaired) electrons. The summed E-state index contributed by atoms with van der Waals surface area (Å²) >= 11 is 0. The summed E-state index contributed by atoms with van der Waals surface area (Å²) in [6.07, 6.45) is 17.4. The fourth-order valence-electron chi connectivity index (χ4n) is 4.71. The SMILES string of the molecule is CN1C2CCCC1CC(NC1CCCCCCC1)C2. The molecule has 0 aromatic rings. The number of piperidine rings is 2. The summed E-state index contributed by atoms with van der Waals surface area (Å²) in [5, 5.41) is 4.05. The Bertz CT molecular complexity index is 256. The molecule has 2 unspecified atom stereocenters. The Morgan fingerprint density at radius 2 is 1.26 bits per heavy atom. The molecule has 1 aliphatic carbocycles. The second-order valence-corrected chi connectivity index (χ2v) is 7.28. The highest BCUT2D eigenvalue weighted by molar-refractivity contribution is 4.94. The predicted molar refractivity (Wildman–Crippen MR) is 81.5 cm³/mol. The summed E-state index contributed by atoms with van der Waals surface area (Å²) in [5.74, 6) is 0. The minimum Gasteiger partial charge on any atom is -0.311 e. The third kappa shape index (κ3) is 3.52. The molecule has 0 aromatic carbocycles. The molecule has 2 bridgehead atoms. The smallest absolute Gasteiger partial charge is 0.0110 e. The van der Waals surface area contributed by atoms with Crippen molar-refractivity contribution < 1.29 is 0 Å². The van der Waals surface area contributed by atoms with Crippen LogP contribution < -0.4 is 5.32 Å². The summed E-state index contributed by atoms with van der Waals surface area (Å²) in [6, 6.07) is 3.39. The monoisotopic (exact) mass is 264 g/mol. The maximum absolute atomic E-state index is 4.05. The van der Waals surface area contributed by atoms with Crippen LogP contribution in [0.1, 0.15) is 77.0 Å². The highest BCUT2D eigenvalue weighted by atomic mass is 15.2. The molecule has 19 heavy (non-hydrogen) atoms. The second-order valence-electron chi connectivity index (χ2n) is 7.28. The van der Waals surface area contributed by atoms with Gasteiger partial charge in [0.2, 0.25) is 0 Å². The van der Waals surface area contributed by atoms with Gasteiger partial charge < -0.3 is 10.2 Å². The number of rotatable bonds is 2. The van der Waals surface area contributed by atoms with E-state index in [0.29, 0.717) is 0 Å². The molecule has 1 N–H and O–H groups in total. The van der Waals surface area contributed by atoms with Gasteiger partial charge in [-0.2, -0.15) is 0 Å². The molecule has 3 fully saturated rings. The van der Waals surface area contributed by atoms with Crippen LogP contribution in [0.4, 0.5) is 0 Å². The molecule has 2 atom stereocenters. The largest absolute Gasteiger partial charge is 0.311 e. The van der Waals surface area contributed by atoms with Gasteiger partial charge in [-0.1, -0.05) is 38.5 Å². The van der Waals surface area contributed by atoms with Gasteiger partial charge in [-0.05, 0) is 45.6 Å². The fraction of sp³-hybridized carbons (Fsp3) is 1.00. The van der Waals surface area contributed by atoms with Gasteiger partial charge in [-0.3, -0.25) is 0 Å². The minimum atomic E-state index is 0.816. The van der Waals surface area contributed by atoms with E-state index in [1.54, 1.807) is 0 Å². The standard InChI is InChI=1S/C17H32N2/c1-19-16-10-7-11-17(19)13-15(12-16)18-14-8-5-3-2-4-6-9-14/h14-18H,2-13H2,1H3. The highest BCUT2D eigenvalue weighted by Gasteiger charge is 2.36. The van der Waals surface area contributed by atoms with E-state index >= 15 is 0 Å². The first-order valence-corrected chi connectivity index (χ1v) is 8.81. The number of nitrogens with zero attached hydrogens (tertiary/aromatic N) is 1. The van der Waals surface area contributed by atoms with E-state index in [9.17, 15) is 0 Å². The zero-order valence-corrected chi connectivity index (χ0v) is 12.7. The first-order valence-electron chi connectivity index (χ1n) is 8.81. The topological polar surface area (TPSA) is 15.3 Å². The van der Waals surface area contributed by atoms with Crippen LogP contribution in [0.2, 0.25) is 0 Å². The predicted octanol–water partition coefficient (Wildman–Crippen LogP) is 3.70. The first-order chi connectivity index (χ1) is 9.33. The maximum Gasteiger partial charge on any atom is 0.0110 e. The second kappa shape index (κ2) is 6.58. The number of fused-ring (bicyclic) bond motifs is 2. The van der Waals surface area contributed by atoms with E-state index in [1.165, 1.54) is 77.0 Å². The van der Waals surface area contributed by atoms with E-state index in [-0.39, 0.29) is 0 Å². The molecule has 2 saturated heterocycles. The molecule has 2 nitrogen and oxygen atoms in total. The molecular formula is C17H32N2. The molecule has 0 spiro atoms. The van der Waals surface area contributed by atoms with E-state index in [1.807, 2.05) is 0 Å². The van der Waals surface area contributed by atoms with Gasteiger partial charge in [0.25, 0.3) is 0 Å². The van der Waals surface area contributed by atoms with Crippen molar-refractivity contribution in [2.75, 3.05) is 7.05 Å². The molecule has 2 aliphatic heterocycles. The number of hydrogen-bond acceptors (Lipinski definition) is 2. The van der Waals surface area contributed by atoms with Crippen molar-refractivity contribution in [2.45, 2.75) is 101 Å². The lowest BCUT2D eigenvalue weighted by atomic mass is 9.81. The summed E-state index contributed by atoms with van der Waals surface area (Å²) in [7, 11) is 2.36. The molecule has 2 heterocycles. The Morgan fingerprint density at radius 3 is 1.89 bits per heavy atom. The van der Waals surface area contributed by atoms with E-state index < -0.39 is 0 Å². The van der Waals surface area contributed by atoms with E-state index in [0.717, 1.165) is 24.2 Å². The molecule has 3 aliphatic rings. The van der Waals surface area contributed by atoms with Crippen molar-refractivity contribution in [3.05, 3.63) is 0 Å². The van der Waals surface area contributed by atoms with Crippen molar-refractivity contribution in [3.63, 3.8) is 0 Å².